The van der Waals surface area contributed by atoms with Crippen LogP contribution in [0, 0.1) is 0 Å². The number of phosphoric acid groups is 1. The zero-order valence-electron chi connectivity index (χ0n) is 42.5. The van der Waals surface area contributed by atoms with Crippen molar-refractivity contribution in [1.82, 2.24) is 0 Å². The molecule has 1 aliphatic carbocycles. The molecular weight excluding hydrogens is 876 g/mol. The first-order valence-electron chi connectivity index (χ1n) is 27.5. The third kappa shape index (κ3) is 35.4. The Bertz CT molecular complexity index is 1220. The molecule has 0 heterocycles. The number of esters is 2. The molecule has 0 aromatic rings. The van der Waals surface area contributed by atoms with Crippen LogP contribution < -0.4 is 0 Å². The highest BCUT2D eigenvalue weighted by Gasteiger charge is 2.51. The first kappa shape index (κ1) is 63.6. The van der Waals surface area contributed by atoms with Gasteiger partial charge >= 0.3 is 19.8 Å². The second-order valence-corrected chi connectivity index (χ2v) is 20.9. The number of allylic oxidation sites excluding steroid dienone is 2. The molecule has 0 aliphatic heterocycles. The van der Waals surface area contributed by atoms with Crippen molar-refractivity contribution >= 4 is 19.8 Å². The Balaban J connectivity index is 2.35. The zero-order chi connectivity index (χ0) is 49.2. The molecule has 6 unspecified atom stereocenters. The molecule has 0 spiro atoms. The highest BCUT2D eigenvalue weighted by atomic mass is 31.2. The molecule has 14 heteroatoms. The van der Waals surface area contributed by atoms with Crippen molar-refractivity contribution in [1.29, 1.82) is 0 Å². The predicted molar refractivity (Wildman–Crippen MR) is 267 cm³/mol. The van der Waals surface area contributed by atoms with Gasteiger partial charge in [0.25, 0.3) is 0 Å². The van der Waals surface area contributed by atoms with Crippen LogP contribution in [0.5, 0.6) is 0 Å². The van der Waals surface area contributed by atoms with Crippen molar-refractivity contribution in [3.05, 3.63) is 12.2 Å². The number of hydrogen-bond acceptors (Lipinski definition) is 12. The molecule has 0 radical (unpaired) electrons. The quantitative estimate of drug-likeness (QED) is 0.0145. The maximum absolute atomic E-state index is 12.9. The molecule has 67 heavy (non-hydrogen) atoms. The van der Waals surface area contributed by atoms with E-state index in [1.54, 1.807) is 0 Å². The molecule has 6 atom stereocenters. The van der Waals surface area contributed by atoms with Gasteiger partial charge in [-0.15, -0.1) is 0 Å². The van der Waals surface area contributed by atoms with E-state index >= 15 is 0 Å². The Kier molecular flexibility index (Phi) is 41.2. The molecular formula is C53H101O13P. The fourth-order valence-corrected chi connectivity index (χ4v) is 9.67. The minimum Gasteiger partial charge on any atom is -0.462 e. The maximum Gasteiger partial charge on any atom is 0.472 e. The second kappa shape index (κ2) is 43.4. The van der Waals surface area contributed by atoms with Gasteiger partial charge in [-0.25, -0.2) is 4.57 Å². The molecule has 1 aliphatic rings. The minimum atomic E-state index is -5.12. The van der Waals surface area contributed by atoms with Crippen LogP contribution in [0.2, 0.25) is 0 Å². The maximum atomic E-state index is 12.9. The van der Waals surface area contributed by atoms with Gasteiger partial charge in [0, 0.05) is 12.8 Å². The van der Waals surface area contributed by atoms with Crippen molar-refractivity contribution in [2.24, 2.45) is 0 Å². The Morgan fingerprint density at radius 1 is 0.448 bits per heavy atom. The first-order valence-corrected chi connectivity index (χ1v) is 29.0. The molecule has 0 aromatic heterocycles. The first-order chi connectivity index (χ1) is 32.4. The number of rotatable bonds is 47. The lowest BCUT2D eigenvalue weighted by molar-refractivity contribution is -0.220. The fourth-order valence-electron chi connectivity index (χ4n) is 8.70. The topological polar surface area (TPSA) is 210 Å². The summed E-state index contributed by atoms with van der Waals surface area (Å²) < 4.78 is 33.7. The molecule has 0 saturated heterocycles. The molecule has 396 valence electrons. The number of ether oxygens (including phenoxy) is 2. The van der Waals surface area contributed by atoms with Gasteiger partial charge in [0.1, 0.15) is 43.2 Å². The fraction of sp³-hybridized carbons (Fsp3) is 0.925. The number of aliphatic hydroxyl groups is 5. The molecule has 1 saturated carbocycles. The lowest BCUT2D eigenvalue weighted by atomic mass is 9.85. The van der Waals surface area contributed by atoms with E-state index in [1.807, 2.05) is 0 Å². The summed E-state index contributed by atoms with van der Waals surface area (Å²) in [5, 5.41) is 50.3. The van der Waals surface area contributed by atoms with Crippen LogP contribution in [-0.4, -0.2) is 98.3 Å². The standard InChI is InChI=1S/C53H101O13P/c1-3-5-7-9-11-13-15-17-19-21-22-23-24-26-28-30-32-34-36-38-40-42-47(55)65-45(44-64-67(61,62)66-53-51(59)49(57)48(56)50(58)52(53)60)43-63-46(54)41-39-37-35-33-31-29-27-25-20-18-16-14-12-10-8-6-4-2/h21-22,45,48-53,56-60H,3-20,23-44H2,1-2H3,(H,61,62)/b22-21-. The van der Waals surface area contributed by atoms with Gasteiger partial charge in [-0.1, -0.05) is 219 Å². The van der Waals surface area contributed by atoms with Crippen molar-refractivity contribution in [2.75, 3.05) is 13.2 Å². The van der Waals surface area contributed by atoms with Gasteiger partial charge in [-0.3, -0.25) is 18.6 Å². The van der Waals surface area contributed by atoms with Gasteiger partial charge in [0.2, 0.25) is 0 Å². The van der Waals surface area contributed by atoms with Gasteiger partial charge in [0.15, 0.2) is 6.10 Å². The highest BCUT2D eigenvalue weighted by Crippen LogP contribution is 2.47. The van der Waals surface area contributed by atoms with Gasteiger partial charge in [-0.2, -0.15) is 0 Å². The van der Waals surface area contributed by atoms with E-state index in [1.165, 1.54) is 167 Å². The lowest BCUT2D eigenvalue weighted by Gasteiger charge is -2.41. The number of phosphoric ester groups is 1. The largest absolute Gasteiger partial charge is 0.472 e. The molecule has 0 aromatic carbocycles. The summed E-state index contributed by atoms with van der Waals surface area (Å²) in [5.41, 5.74) is 0. The Morgan fingerprint density at radius 3 is 1.13 bits per heavy atom. The van der Waals surface area contributed by atoms with E-state index < -0.39 is 75.7 Å². The number of carbonyl (C=O) groups is 2. The molecule has 13 nitrogen and oxygen atoms in total. The van der Waals surface area contributed by atoms with Crippen LogP contribution in [0.25, 0.3) is 0 Å². The number of unbranched alkanes of at least 4 members (excludes halogenated alkanes) is 33. The summed E-state index contributed by atoms with van der Waals surface area (Å²) in [6.07, 6.45) is 35.4. The summed E-state index contributed by atoms with van der Waals surface area (Å²) in [4.78, 5) is 35.9. The van der Waals surface area contributed by atoms with Crippen LogP contribution in [0.4, 0.5) is 0 Å². The van der Waals surface area contributed by atoms with Gasteiger partial charge < -0.3 is 39.9 Å². The van der Waals surface area contributed by atoms with E-state index in [9.17, 15) is 44.6 Å². The molecule has 0 bridgehead atoms. The van der Waals surface area contributed by atoms with Crippen LogP contribution in [0.3, 0.4) is 0 Å². The van der Waals surface area contributed by atoms with E-state index in [2.05, 4.69) is 26.0 Å². The van der Waals surface area contributed by atoms with Gasteiger partial charge in [-0.05, 0) is 38.5 Å². The molecule has 0 amide bonds. The number of aliphatic hydroxyl groups excluding tert-OH is 5. The lowest BCUT2D eigenvalue weighted by Crippen LogP contribution is -2.64. The van der Waals surface area contributed by atoms with E-state index in [0.717, 1.165) is 51.4 Å². The summed E-state index contributed by atoms with van der Waals surface area (Å²) in [5.74, 6) is -1.08. The number of carbonyl (C=O) groups excluding carboxylic acids is 2. The zero-order valence-corrected chi connectivity index (χ0v) is 43.4. The van der Waals surface area contributed by atoms with E-state index in [4.69, 9.17) is 18.5 Å². The van der Waals surface area contributed by atoms with Crippen molar-refractivity contribution in [2.45, 2.75) is 301 Å². The normalized spacial score (nSPS) is 21.1. The summed E-state index contributed by atoms with van der Waals surface area (Å²) >= 11 is 0. The average molecular weight is 977 g/mol. The highest BCUT2D eigenvalue weighted by molar-refractivity contribution is 7.47. The monoisotopic (exact) mass is 977 g/mol. The van der Waals surface area contributed by atoms with Crippen molar-refractivity contribution < 1.29 is 63.1 Å². The van der Waals surface area contributed by atoms with Crippen molar-refractivity contribution in [3.63, 3.8) is 0 Å². The van der Waals surface area contributed by atoms with E-state index in [0.29, 0.717) is 12.8 Å². The Hall–Kier alpha value is -1.41. The Labute approximate surface area is 407 Å². The minimum absolute atomic E-state index is 0.0993. The second-order valence-electron chi connectivity index (χ2n) is 19.4. The van der Waals surface area contributed by atoms with Crippen LogP contribution in [-0.2, 0) is 32.7 Å². The average Bonchev–Trinajstić information content (AvgIpc) is 3.31. The SMILES string of the molecule is CCCCCCCCCC/C=C\CCCCCCCCCCCC(=O)OC(COC(=O)CCCCCCCCCCCCCCCCCCC)COP(=O)(O)OC1C(O)C(O)C(O)C(O)C1O. The summed E-state index contributed by atoms with van der Waals surface area (Å²) in [6, 6.07) is 0. The third-order valence-corrected chi connectivity index (χ3v) is 14.1. The summed E-state index contributed by atoms with van der Waals surface area (Å²) in [7, 11) is -5.12. The third-order valence-electron chi connectivity index (χ3n) is 13.1. The Morgan fingerprint density at radius 2 is 0.761 bits per heavy atom. The smallest absolute Gasteiger partial charge is 0.462 e. The predicted octanol–water partition coefficient (Wildman–Crippen LogP) is 12.2. The molecule has 6 N–H and O–H groups in total. The van der Waals surface area contributed by atoms with Crippen LogP contribution >= 0.6 is 7.82 Å². The van der Waals surface area contributed by atoms with Crippen LogP contribution in [0.15, 0.2) is 12.2 Å². The van der Waals surface area contributed by atoms with Gasteiger partial charge in [0.05, 0.1) is 6.61 Å². The molecule has 1 rings (SSSR count). The number of hydrogen-bond donors (Lipinski definition) is 6. The van der Waals surface area contributed by atoms with E-state index in [-0.39, 0.29) is 12.8 Å². The van der Waals surface area contributed by atoms with Crippen LogP contribution in [0.1, 0.15) is 258 Å². The summed E-state index contributed by atoms with van der Waals surface area (Å²) in [6.45, 7) is 3.35. The van der Waals surface area contributed by atoms with Crippen molar-refractivity contribution in [3.8, 4) is 0 Å². The molecule has 1 fully saturated rings.